The average Bonchev–Trinajstić information content (AvgIpc) is 3.10. The highest BCUT2D eigenvalue weighted by Crippen LogP contribution is 2.45. The van der Waals surface area contributed by atoms with Gasteiger partial charge in [-0.25, -0.2) is 4.99 Å². The van der Waals surface area contributed by atoms with E-state index in [0.29, 0.717) is 46.9 Å². The third-order valence-corrected chi connectivity index (χ3v) is 8.57. The van der Waals surface area contributed by atoms with E-state index in [-0.39, 0.29) is 11.5 Å². The Hall–Kier alpha value is -5.68. The summed E-state index contributed by atoms with van der Waals surface area (Å²) in [6.45, 7) is 14.5. The average molecular weight is 620 g/mol. The number of aromatic hydroxyl groups is 2. The Labute approximate surface area is 277 Å². The van der Waals surface area contributed by atoms with E-state index in [9.17, 15) is 10.2 Å². The van der Waals surface area contributed by atoms with Crippen LogP contribution in [0, 0.1) is 6.92 Å². The van der Waals surface area contributed by atoms with Gasteiger partial charge in [0.05, 0.1) is 6.54 Å². The van der Waals surface area contributed by atoms with Crippen molar-refractivity contribution in [3.63, 3.8) is 0 Å². The zero-order valence-electron chi connectivity index (χ0n) is 27.3. The molecule has 0 saturated heterocycles. The lowest BCUT2D eigenvalue weighted by Crippen LogP contribution is -2.17. The Balaban J connectivity index is 1.65. The molecule has 236 valence electrons. The Morgan fingerprint density at radius 3 is 2.09 bits per heavy atom. The number of rotatable bonds is 10. The normalized spacial score (nSPS) is 11.8. The summed E-state index contributed by atoms with van der Waals surface area (Å²) in [6, 6.07) is 32.2. The maximum Gasteiger partial charge on any atom is 0.157 e. The highest BCUT2D eigenvalue weighted by Gasteiger charge is 2.22. The molecule has 0 heterocycles. The van der Waals surface area contributed by atoms with Crippen molar-refractivity contribution in [2.75, 3.05) is 0 Å². The van der Waals surface area contributed by atoms with E-state index in [1.807, 2.05) is 73.7 Å². The fourth-order valence-corrected chi connectivity index (χ4v) is 6.05. The van der Waals surface area contributed by atoms with Gasteiger partial charge in [0.1, 0.15) is 17.3 Å². The first kappa shape index (κ1) is 32.7. The van der Waals surface area contributed by atoms with Crippen LogP contribution in [0.5, 0.6) is 11.5 Å². The number of aliphatic imine (C=N–C) groups is 2. The number of hydrogen-bond acceptors (Lipinski definition) is 3. The monoisotopic (exact) mass is 619 g/mol. The van der Waals surface area contributed by atoms with Crippen LogP contribution < -0.4 is 5.73 Å². The summed E-state index contributed by atoms with van der Waals surface area (Å²) in [4.78, 5) is 9.84. The van der Waals surface area contributed by atoms with Gasteiger partial charge in [0.2, 0.25) is 0 Å². The van der Waals surface area contributed by atoms with Gasteiger partial charge in [-0.05, 0) is 58.7 Å². The Kier molecular flexibility index (Phi) is 10.2. The molecule has 5 aromatic carbocycles. The number of nitrogens with two attached hydrogens (primary N) is 1. The van der Waals surface area contributed by atoms with E-state index in [0.717, 1.165) is 50.9 Å². The first-order valence-electron chi connectivity index (χ1n) is 15.9. The van der Waals surface area contributed by atoms with Gasteiger partial charge in [0.25, 0.3) is 0 Å². The van der Waals surface area contributed by atoms with Gasteiger partial charge in [0.15, 0.2) is 5.84 Å². The van der Waals surface area contributed by atoms with Gasteiger partial charge < -0.3 is 15.9 Å². The molecule has 5 heteroatoms. The highest BCUT2D eigenvalue weighted by atomic mass is 16.3. The lowest BCUT2D eigenvalue weighted by molar-refractivity contribution is 0.440. The lowest BCUT2D eigenvalue weighted by atomic mass is 9.86. The summed E-state index contributed by atoms with van der Waals surface area (Å²) < 4.78 is 0. The van der Waals surface area contributed by atoms with Crippen molar-refractivity contribution in [2.45, 2.75) is 40.2 Å². The van der Waals surface area contributed by atoms with E-state index < -0.39 is 0 Å². The standard InChI is InChI=1S/C42H41N3O2/c1-6-29-25-31(38-32(7-2)33(8-3)39(46)34(9-4)40(38)47)23-24-37(29)35-21-16-22-36(27(35)5)42(44-26-28-17-12-10-13-18-28)45-41(43)30-19-14-11-15-20-30/h7-8,10-25,46-47H,2-3,6,9,26H2,1,4-5H3,(H2,43,44,45). The lowest BCUT2D eigenvalue weighted by Gasteiger charge is -2.20. The largest absolute Gasteiger partial charge is 0.507 e. The molecular formula is C42H41N3O2. The molecule has 0 aliphatic heterocycles. The predicted molar refractivity (Wildman–Crippen MR) is 198 cm³/mol. The third-order valence-electron chi connectivity index (χ3n) is 8.57. The van der Waals surface area contributed by atoms with Crippen LogP contribution in [-0.2, 0) is 19.4 Å². The summed E-state index contributed by atoms with van der Waals surface area (Å²) in [5.41, 5.74) is 16.8. The number of amidine groups is 2. The summed E-state index contributed by atoms with van der Waals surface area (Å²) in [7, 11) is 0. The van der Waals surface area contributed by atoms with Gasteiger partial charge >= 0.3 is 0 Å². The first-order chi connectivity index (χ1) is 22.8. The maximum atomic E-state index is 11.4. The second-order valence-corrected chi connectivity index (χ2v) is 11.3. The molecule has 0 fully saturated rings. The molecule has 0 radical (unpaired) electrons. The number of benzene rings is 5. The van der Waals surface area contributed by atoms with Crippen molar-refractivity contribution < 1.29 is 10.2 Å². The van der Waals surface area contributed by atoms with E-state index in [1.54, 1.807) is 12.2 Å². The van der Waals surface area contributed by atoms with Gasteiger partial charge in [-0.15, -0.1) is 0 Å². The Bertz CT molecular complexity index is 1990. The van der Waals surface area contributed by atoms with E-state index in [4.69, 9.17) is 15.7 Å². The highest BCUT2D eigenvalue weighted by molar-refractivity contribution is 6.12. The summed E-state index contributed by atoms with van der Waals surface area (Å²) in [6.07, 6.45) is 4.51. The molecule has 0 unspecified atom stereocenters. The molecule has 0 saturated carbocycles. The van der Waals surface area contributed by atoms with Gasteiger partial charge in [-0.3, -0.25) is 4.99 Å². The third kappa shape index (κ3) is 6.66. The fourth-order valence-electron chi connectivity index (χ4n) is 6.05. The van der Waals surface area contributed by atoms with Crippen molar-refractivity contribution in [3.8, 4) is 33.8 Å². The minimum Gasteiger partial charge on any atom is -0.507 e. The van der Waals surface area contributed by atoms with Crippen molar-refractivity contribution in [1.29, 1.82) is 0 Å². The van der Waals surface area contributed by atoms with Crippen molar-refractivity contribution in [3.05, 3.63) is 155 Å². The maximum absolute atomic E-state index is 11.4. The molecule has 5 nitrogen and oxygen atoms in total. The van der Waals surface area contributed by atoms with Crippen LogP contribution in [0.4, 0.5) is 0 Å². The van der Waals surface area contributed by atoms with E-state index >= 15 is 0 Å². The molecular weight excluding hydrogens is 578 g/mol. The number of phenols is 2. The first-order valence-corrected chi connectivity index (χ1v) is 15.9. The molecule has 0 aromatic heterocycles. The van der Waals surface area contributed by atoms with Crippen LogP contribution in [0.3, 0.4) is 0 Å². The van der Waals surface area contributed by atoms with Crippen LogP contribution in [-0.4, -0.2) is 21.9 Å². The second kappa shape index (κ2) is 14.6. The molecule has 0 amide bonds. The van der Waals surface area contributed by atoms with Crippen LogP contribution >= 0.6 is 0 Å². The smallest absolute Gasteiger partial charge is 0.157 e. The van der Waals surface area contributed by atoms with Crippen LogP contribution in [0.1, 0.15) is 58.4 Å². The molecule has 0 atom stereocenters. The summed E-state index contributed by atoms with van der Waals surface area (Å²) in [5, 5.41) is 22.2. The van der Waals surface area contributed by atoms with Crippen molar-refractivity contribution >= 4 is 23.8 Å². The summed E-state index contributed by atoms with van der Waals surface area (Å²) >= 11 is 0. The molecule has 4 N–H and O–H groups in total. The van der Waals surface area contributed by atoms with Gasteiger partial charge in [-0.2, -0.15) is 0 Å². The SMILES string of the molecule is C=Cc1c(O)c(CC)c(O)c(-c2ccc(-c3cccc(C(/N=C(\N)c4ccccc4)=N/Cc4ccccc4)c3C)c(CC)c2)c1C=C. The van der Waals surface area contributed by atoms with Crippen LogP contribution in [0.2, 0.25) is 0 Å². The molecule has 0 spiro atoms. The summed E-state index contributed by atoms with van der Waals surface area (Å²) in [5.74, 6) is 1.07. The van der Waals surface area contributed by atoms with Crippen LogP contribution in [0.25, 0.3) is 34.4 Å². The molecule has 5 rings (SSSR count). The van der Waals surface area contributed by atoms with Crippen LogP contribution in [0.15, 0.2) is 120 Å². The molecule has 5 aromatic rings. The number of phenolic OH excluding ortho intramolecular Hbond substituents is 2. The van der Waals surface area contributed by atoms with E-state index in [1.165, 1.54) is 0 Å². The molecule has 0 aliphatic rings. The Morgan fingerprint density at radius 2 is 1.45 bits per heavy atom. The molecule has 47 heavy (non-hydrogen) atoms. The number of aryl methyl sites for hydroxylation is 1. The van der Waals surface area contributed by atoms with Crippen molar-refractivity contribution in [1.82, 2.24) is 0 Å². The number of hydrogen-bond donors (Lipinski definition) is 3. The Morgan fingerprint density at radius 1 is 0.766 bits per heavy atom. The molecule has 0 aliphatic carbocycles. The second-order valence-electron chi connectivity index (χ2n) is 11.3. The van der Waals surface area contributed by atoms with Crippen molar-refractivity contribution in [2.24, 2.45) is 15.7 Å². The zero-order chi connectivity index (χ0) is 33.5. The van der Waals surface area contributed by atoms with E-state index in [2.05, 4.69) is 57.3 Å². The van der Waals surface area contributed by atoms with Gasteiger partial charge in [0, 0.05) is 27.8 Å². The zero-order valence-corrected chi connectivity index (χ0v) is 27.3. The fraction of sp³-hybridized carbons (Fsp3) is 0.143. The van der Waals surface area contributed by atoms with Gasteiger partial charge in [-0.1, -0.05) is 136 Å². The predicted octanol–water partition coefficient (Wildman–Crippen LogP) is 9.50. The topological polar surface area (TPSA) is 91.2 Å². The number of nitrogens with zero attached hydrogens (tertiary/aromatic N) is 2. The minimum atomic E-state index is 0.0405. The minimum absolute atomic E-state index is 0.0405. The quantitative estimate of drug-likeness (QED) is 0.107. The molecule has 0 bridgehead atoms.